The molecule has 1 saturated carbocycles. The van der Waals surface area contributed by atoms with Crippen molar-refractivity contribution in [2.45, 2.75) is 39.0 Å². The first-order valence-electron chi connectivity index (χ1n) is 9.64. The molecule has 2 N–H and O–H groups in total. The molecule has 1 atom stereocenters. The van der Waals surface area contributed by atoms with E-state index >= 15 is 0 Å². The molecule has 1 aliphatic carbocycles. The van der Waals surface area contributed by atoms with Crippen LogP contribution in [-0.2, 0) is 0 Å². The Kier molecular flexibility index (Phi) is 4.76. The molecule has 1 unspecified atom stereocenters. The van der Waals surface area contributed by atoms with Crippen molar-refractivity contribution in [3.05, 3.63) is 42.0 Å². The van der Waals surface area contributed by atoms with Crippen LogP contribution in [0.25, 0.3) is 5.69 Å². The smallest absolute Gasteiger partial charge is 0.254 e. The summed E-state index contributed by atoms with van der Waals surface area (Å²) in [6.07, 6.45) is 11.5. The number of carbonyl (C=O) groups excluding carboxylic acids is 1. The summed E-state index contributed by atoms with van der Waals surface area (Å²) in [4.78, 5) is 16.8. The van der Waals surface area contributed by atoms with Crippen molar-refractivity contribution in [1.29, 1.82) is 0 Å². The van der Waals surface area contributed by atoms with Crippen molar-refractivity contribution in [1.82, 2.24) is 25.4 Å². The molecule has 0 radical (unpaired) electrons. The molecule has 3 heterocycles. The molecular formula is C20H27N5O. The Balaban J connectivity index is 1.43. The summed E-state index contributed by atoms with van der Waals surface area (Å²) >= 11 is 0. The fourth-order valence-electron chi connectivity index (χ4n) is 4.80. The van der Waals surface area contributed by atoms with E-state index in [9.17, 15) is 4.79 Å². The number of nitrogens with zero attached hydrogens (tertiary/aromatic N) is 3. The molecule has 6 heteroatoms. The van der Waals surface area contributed by atoms with Gasteiger partial charge in [0, 0.05) is 18.9 Å². The predicted molar refractivity (Wildman–Crippen MR) is 100 cm³/mol. The van der Waals surface area contributed by atoms with Gasteiger partial charge in [-0.1, -0.05) is 6.42 Å². The van der Waals surface area contributed by atoms with E-state index in [0.29, 0.717) is 16.9 Å². The normalized spacial score (nSPS) is 21.8. The zero-order valence-corrected chi connectivity index (χ0v) is 15.4. The molecule has 2 aromatic heterocycles. The molecular weight excluding hydrogens is 326 g/mol. The molecule has 2 fully saturated rings. The van der Waals surface area contributed by atoms with E-state index in [1.54, 1.807) is 23.3 Å². The average molecular weight is 353 g/mol. The van der Waals surface area contributed by atoms with Gasteiger partial charge in [0.15, 0.2) is 0 Å². The van der Waals surface area contributed by atoms with Crippen LogP contribution in [0.2, 0.25) is 0 Å². The zero-order chi connectivity index (χ0) is 18.0. The second kappa shape index (κ2) is 7.19. The highest BCUT2D eigenvalue weighted by atomic mass is 16.1. The number of hydrogen-bond donors (Lipinski definition) is 2. The molecule has 2 aliphatic rings. The van der Waals surface area contributed by atoms with E-state index in [2.05, 4.69) is 20.7 Å². The van der Waals surface area contributed by atoms with Crippen LogP contribution in [0.5, 0.6) is 0 Å². The number of piperidine rings is 1. The van der Waals surface area contributed by atoms with E-state index < -0.39 is 0 Å². The van der Waals surface area contributed by atoms with Gasteiger partial charge in [0.2, 0.25) is 0 Å². The Morgan fingerprint density at radius 2 is 2.08 bits per heavy atom. The monoisotopic (exact) mass is 353 g/mol. The van der Waals surface area contributed by atoms with Crippen LogP contribution in [0.1, 0.15) is 48.2 Å². The number of rotatable bonds is 4. The van der Waals surface area contributed by atoms with Crippen LogP contribution in [0, 0.1) is 18.3 Å². The molecule has 1 spiro atoms. The van der Waals surface area contributed by atoms with Crippen LogP contribution in [0.3, 0.4) is 0 Å². The topological polar surface area (TPSA) is 71.8 Å². The van der Waals surface area contributed by atoms with Gasteiger partial charge in [-0.2, -0.15) is 5.10 Å². The summed E-state index contributed by atoms with van der Waals surface area (Å²) in [5.41, 5.74) is 2.87. The summed E-state index contributed by atoms with van der Waals surface area (Å²) in [6.45, 7) is 4.94. The lowest BCUT2D eigenvalue weighted by atomic mass is 9.71. The van der Waals surface area contributed by atoms with E-state index in [-0.39, 0.29) is 5.91 Å². The first-order valence-corrected chi connectivity index (χ1v) is 9.64. The minimum absolute atomic E-state index is 0.0150. The first-order chi connectivity index (χ1) is 12.7. The Morgan fingerprint density at radius 3 is 2.85 bits per heavy atom. The van der Waals surface area contributed by atoms with Gasteiger partial charge in [0.1, 0.15) is 0 Å². The largest absolute Gasteiger partial charge is 0.352 e. The van der Waals surface area contributed by atoms with Crippen molar-refractivity contribution < 1.29 is 4.79 Å². The summed E-state index contributed by atoms with van der Waals surface area (Å²) in [5.74, 6) is 0.586. The van der Waals surface area contributed by atoms with Crippen LogP contribution in [0.4, 0.5) is 0 Å². The maximum absolute atomic E-state index is 12.7. The molecule has 0 bridgehead atoms. The zero-order valence-electron chi connectivity index (χ0n) is 15.4. The van der Waals surface area contributed by atoms with Gasteiger partial charge in [-0.25, -0.2) is 4.68 Å². The van der Waals surface area contributed by atoms with Crippen LogP contribution in [-0.4, -0.2) is 40.3 Å². The lowest BCUT2D eigenvalue weighted by Crippen LogP contribution is -2.43. The lowest BCUT2D eigenvalue weighted by molar-refractivity contribution is 0.0907. The van der Waals surface area contributed by atoms with E-state index in [1.807, 2.05) is 19.1 Å². The Bertz CT molecular complexity index is 764. The summed E-state index contributed by atoms with van der Waals surface area (Å²) < 4.78 is 1.79. The van der Waals surface area contributed by atoms with Crippen molar-refractivity contribution in [2.75, 3.05) is 19.6 Å². The Labute approximate surface area is 154 Å². The summed E-state index contributed by atoms with van der Waals surface area (Å²) in [5, 5.41) is 11.1. The molecule has 2 aromatic rings. The molecule has 1 aliphatic heterocycles. The molecule has 1 saturated heterocycles. The van der Waals surface area contributed by atoms with Crippen LogP contribution >= 0.6 is 0 Å². The Hall–Kier alpha value is -2.21. The molecule has 26 heavy (non-hydrogen) atoms. The fraction of sp³-hybridized carbons (Fsp3) is 0.550. The van der Waals surface area contributed by atoms with Crippen molar-refractivity contribution >= 4 is 5.91 Å². The second-order valence-corrected chi connectivity index (χ2v) is 7.67. The van der Waals surface area contributed by atoms with Gasteiger partial charge in [-0.15, -0.1) is 0 Å². The third-order valence-corrected chi connectivity index (χ3v) is 6.36. The van der Waals surface area contributed by atoms with E-state index in [1.165, 1.54) is 32.1 Å². The maximum Gasteiger partial charge on any atom is 0.254 e. The second-order valence-electron chi connectivity index (χ2n) is 7.67. The van der Waals surface area contributed by atoms with Crippen molar-refractivity contribution in [3.63, 3.8) is 0 Å². The third kappa shape index (κ3) is 3.14. The first kappa shape index (κ1) is 17.2. The van der Waals surface area contributed by atoms with E-state index in [0.717, 1.165) is 31.0 Å². The SMILES string of the molecule is Cc1c(C(=O)NCC2CCCC23CCNCC3)cnn1-c1ccncc1. The average Bonchev–Trinajstić information content (AvgIpc) is 3.25. The van der Waals surface area contributed by atoms with Gasteiger partial charge in [0.25, 0.3) is 5.91 Å². The molecule has 6 nitrogen and oxygen atoms in total. The fourth-order valence-corrected chi connectivity index (χ4v) is 4.80. The minimum Gasteiger partial charge on any atom is -0.352 e. The summed E-state index contributed by atoms with van der Waals surface area (Å²) in [7, 11) is 0. The highest BCUT2D eigenvalue weighted by molar-refractivity contribution is 5.95. The number of carbonyl (C=O) groups is 1. The van der Waals surface area contributed by atoms with Crippen LogP contribution < -0.4 is 10.6 Å². The van der Waals surface area contributed by atoms with Gasteiger partial charge < -0.3 is 10.6 Å². The maximum atomic E-state index is 12.7. The van der Waals surface area contributed by atoms with Gasteiger partial charge >= 0.3 is 0 Å². The standard InChI is InChI=1S/C20H27N5O/c1-15-18(14-24-25(15)17-4-9-21-10-5-17)19(26)23-13-16-3-2-6-20(16)7-11-22-12-8-20/h4-5,9-10,14,16,22H,2-3,6-8,11-13H2,1H3,(H,23,26). The third-order valence-electron chi connectivity index (χ3n) is 6.36. The highest BCUT2D eigenvalue weighted by Gasteiger charge is 2.43. The molecule has 4 rings (SSSR count). The number of nitrogens with one attached hydrogen (secondary N) is 2. The quantitative estimate of drug-likeness (QED) is 0.886. The predicted octanol–water partition coefficient (Wildman–Crippen LogP) is 2.48. The van der Waals surface area contributed by atoms with Crippen molar-refractivity contribution in [2.24, 2.45) is 11.3 Å². The van der Waals surface area contributed by atoms with Crippen LogP contribution in [0.15, 0.2) is 30.7 Å². The minimum atomic E-state index is -0.0150. The lowest BCUT2D eigenvalue weighted by Gasteiger charge is -2.39. The summed E-state index contributed by atoms with van der Waals surface area (Å²) in [6, 6.07) is 3.78. The number of amides is 1. The van der Waals surface area contributed by atoms with E-state index in [4.69, 9.17) is 0 Å². The number of hydrogen-bond acceptors (Lipinski definition) is 4. The number of pyridine rings is 1. The van der Waals surface area contributed by atoms with Crippen molar-refractivity contribution in [3.8, 4) is 5.69 Å². The van der Waals surface area contributed by atoms with Gasteiger partial charge in [-0.05, 0) is 69.2 Å². The van der Waals surface area contributed by atoms with Gasteiger partial charge in [0.05, 0.1) is 23.1 Å². The molecule has 1 amide bonds. The van der Waals surface area contributed by atoms with Gasteiger partial charge in [-0.3, -0.25) is 9.78 Å². The highest BCUT2D eigenvalue weighted by Crippen LogP contribution is 2.49. The number of aromatic nitrogens is 3. The molecule has 138 valence electrons. The molecule has 0 aromatic carbocycles. The Morgan fingerprint density at radius 1 is 1.31 bits per heavy atom.